The fraction of sp³-hybridized carbons (Fsp3) is 0.429. The van der Waals surface area contributed by atoms with Crippen molar-refractivity contribution < 1.29 is 9.84 Å². The molecule has 1 aromatic rings. The van der Waals surface area contributed by atoms with E-state index in [2.05, 4.69) is 4.98 Å². The summed E-state index contributed by atoms with van der Waals surface area (Å²) < 4.78 is 4.91. The third-order valence-corrected chi connectivity index (χ3v) is 1.21. The van der Waals surface area contributed by atoms with Gasteiger partial charge in [0, 0.05) is 12.8 Å². The fourth-order valence-corrected chi connectivity index (χ4v) is 0.745. The van der Waals surface area contributed by atoms with Crippen LogP contribution in [0.15, 0.2) is 18.3 Å². The van der Waals surface area contributed by atoms with Crippen LogP contribution in [0.2, 0.25) is 0 Å². The van der Waals surface area contributed by atoms with Crippen molar-refractivity contribution in [3.8, 4) is 0 Å². The van der Waals surface area contributed by atoms with Crippen molar-refractivity contribution in [2.24, 2.45) is 0 Å². The molecule has 0 saturated heterocycles. The van der Waals surface area contributed by atoms with Crippen molar-refractivity contribution in [1.82, 2.24) is 4.98 Å². The number of aliphatic hydroxyl groups is 1. The van der Waals surface area contributed by atoms with Crippen LogP contribution in [-0.2, 0) is 4.74 Å². The van der Waals surface area contributed by atoms with E-state index in [4.69, 9.17) is 9.84 Å². The van der Waals surface area contributed by atoms with E-state index in [1.54, 1.807) is 12.3 Å². The van der Waals surface area contributed by atoms with Crippen LogP contribution in [0.5, 0.6) is 0 Å². The lowest BCUT2D eigenvalue weighted by molar-refractivity contribution is -0.100. The molecule has 3 heteroatoms. The predicted molar refractivity (Wildman–Crippen MR) is 37.4 cm³/mol. The summed E-state index contributed by atoms with van der Waals surface area (Å²) in [6.45, 7) is 2.35. The van der Waals surface area contributed by atoms with Gasteiger partial charge in [0.25, 0.3) is 0 Å². The summed E-state index contributed by atoms with van der Waals surface area (Å²) >= 11 is 0. The number of nitrogens with one attached hydrogen (secondary N) is 1. The van der Waals surface area contributed by atoms with Crippen LogP contribution in [0.1, 0.15) is 18.9 Å². The number of aromatic nitrogens is 1. The van der Waals surface area contributed by atoms with E-state index in [9.17, 15) is 0 Å². The van der Waals surface area contributed by atoms with E-state index >= 15 is 0 Å². The zero-order chi connectivity index (χ0) is 7.40. The Morgan fingerprint density at radius 1 is 1.80 bits per heavy atom. The van der Waals surface area contributed by atoms with Gasteiger partial charge in [-0.15, -0.1) is 0 Å². The molecule has 0 aliphatic rings. The maximum absolute atomic E-state index is 9.16. The van der Waals surface area contributed by atoms with Gasteiger partial charge in [-0.25, -0.2) is 0 Å². The van der Waals surface area contributed by atoms with Gasteiger partial charge >= 0.3 is 0 Å². The molecule has 0 aromatic carbocycles. The molecule has 0 bridgehead atoms. The number of H-pyrrole nitrogens is 1. The molecule has 1 atom stereocenters. The van der Waals surface area contributed by atoms with Gasteiger partial charge in [-0.2, -0.15) is 0 Å². The highest BCUT2D eigenvalue weighted by atomic mass is 16.6. The molecule has 0 aliphatic heterocycles. The number of hydrogen-bond acceptors (Lipinski definition) is 2. The van der Waals surface area contributed by atoms with Gasteiger partial charge in [0.2, 0.25) is 0 Å². The summed E-state index contributed by atoms with van der Waals surface area (Å²) in [5.41, 5.74) is 0.696. The van der Waals surface area contributed by atoms with Crippen molar-refractivity contribution in [2.45, 2.75) is 13.2 Å². The SMILES string of the molecule is CCOC(O)c1ccc[nH]1. The molecule has 0 aliphatic carbocycles. The second kappa shape index (κ2) is 3.39. The number of rotatable bonds is 3. The zero-order valence-corrected chi connectivity index (χ0v) is 5.87. The summed E-state index contributed by atoms with van der Waals surface area (Å²) in [6.07, 6.45) is 0.942. The third-order valence-electron chi connectivity index (χ3n) is 1.21. The molecule has 1 rings (SSSR count). The van der Waals surface area contributed by atoms with Crippen LogP contribution in [0.25, 0.3) is 0 Å². The zero-order valence-electron chi connectivity index (χ0n) is 5.87. The monoisotopic (exact) mass is 141 g/mol. The lowest BCUT2D eigenvalue weighted by atomic mass is 10.4. The van der Waals surface area contributed by atoms with Crippen molar-refractivity contribution in [2.75, 3.05) is 6.61 Å². The third kappa shape index (κ3) is 1.59. The Labute approximate surface area is 59.6 Å². The Kier molecular flexibility index (Phi) is 2.48. The van der Waals surface area contributed by atoms with Gasteiger partial charge in [0.05, 0.1) is 5.69 Å². The van der Waals surface area contributed by atoms with E-state index in [-0.39, 0.29) is 0 Å². The van der Waals surface area contributed by atoms with E-state index in [0.29, 0.717) is 12.3 Å². The van der Waals surface area contributed by atoms with Gasteiger partial charge in [-0.3, -0.25) is 0 Å². The molecule has 1 unspecified atom stereocenters. The van der Waals surface area contributed by atoms with Crippen molar-refractivity contribution in [3.05, 3.63) is 24.0 Å². The number of aromatic amines is 1. The Bertz CT molecular complexity index is 172. The van der Waals surface area contributed by atoms with Gasteiger partial charge in [0.15, 0.2) is 6.29 Å². The Balaban J connectivity index is 2.50. The largest absolute Gasteiger partial charge is 0.363 e. The highest BCUT2D eigenvalue weighted by Gasteiger charge is 2.04. The Hall–Kier alpha value is -0.800. The van der Waals surface area contributed by atoms with Gasteiger partial charge in [-0.05, 0) is 19.1 Å². The van der Waals surface area contributed by atoms with E-state index in [0.717, 1.165) is 0 Å². The summed E-state index contributed by atoms with van der Waals surface area (Å²) in [5, 5.41) is 9.16. The first kappa shape index (κ1) is 7.31. The van der Waals surface area contributed by atoms with Crippen molar-refractivity contribution in [3.63, 3.8) is 0 Å². The molecule has 0 spiro atoms. The lowest BCUT2D eigenvalue weighted by Gasteiger charge is -2.06. The highest BCUT2D eigenvalue weighted by Crippen LogP contribution is 2.09. The van der Waals surface area contributed by atoms with Crippen LogP contribution < -0.4 is 0 Å². The van der Waals surface area contributed by atoms with Crippen molar-refractivity contribution >= 4 is 0 Å². The summed E-state index contributed by atoms with van der Waals surface area (Å²) in [4.78, 5) is 2.85. The van der Waals surface area contributed by atoms with Crippen LogP contribution in [-0.4, -0.2) is 16.7 Å². The van der Waals surface area contributed by atoms with E-state index in [1.165, 1.54) is 0 Å². The van der Waals surface area contributed by atoms with E-state index in [1.807, 2.05) is 13.0 Å². The minimum atomic E-state index is -0.806. The normalized spacial score (nSPS) is 13.4. The average Bonchev–Trinajstić information content (AvgIpc) is 2.38. The molecule has 0 radical (unpaired) electrons. The highest BCUT2D eigenvalue weighted by molar-refractivity contribution is 5.04. The number of aliphatic hydroxyl groups excluding tert-OH is 1. The van der Waals surface area contributed by atoms with Gasteiger partial charge in [0.1, 0.15) is 0 Å². The number of hydrogen-bond donors (Lipinski definition) is 2. The lowest BCUT2D eigenvalue weighted by Crippen LogP contribution is -2.02. The molecule has 1 aromatic heterocycles. The Morgan fingerprint density at radius 3 is 3.10 bits per heavy atom. The summed E-state index contributed by atoms with van der Waals surface area (Å²) in [6, 6.07) is 3.60. The smallest absolute Gasteiger partial charge is 0.196 e. The molecular formula is C7H11NO2. The van der Waals surface area contributed by atoms with Gasteiger partial charge in [-0.1, -0.05) is 0 Å². The molecule has 0 amide bonds. The van der Waals surface area contributed by atoms with Gasteiger partial charge < -0.3 is 14.8 Å². The van der Waals surface area contributed by atoms with E-state index < -0.39 is 6.29 Å². The molecular weight excluding hydrogens is 130 g/mol. The molecule has 0 fully saturated rings. The van der Waals surface area contributed by atoms with Crippen LogP contribution in [0.3, 0.4) is 0 Å². The van der Waals surface area contributed by atoms with Crippen LogP contribution in [0.4, 0.5) is 0 Å². The second-order valence-electron chi connectivity index (χ2n) is 1.93. The average molecular weight is 141 g/mol. The van der Waals surface area contributed by atoms with Crippen LogP contribution in [0, 0.1) is 0 Å². The molecule has 56 valence electrons. The summed E-state index contributed by atoms with van der Waals surface area (Å²) in [5.74, 6) is 0. The molecule has 1 heterocycles. The minimum absolute atomic E-state index is 0.514. The maximum atomic E-state index is 9.16. The molecule has 0 saturated carbocycles. The van der Waals surface area contributed by atoms with Crippen LogP contribution >= 0.6 is 0 Å². The molecule has 2 N–H and O–H groups in total. The fourth-order valence-electron chi connectivity index (χ4n) is 0.745. The molecule has 10 heavy (non-hydrogen) atoms. The standard InChI is InChI=1S/C7H11NO2/c1-2-10-7(9)6-4-3-5-8-6/h3-5,7-9H,2H2,1H3. The minimum Gasteiger partial charge on any atom is -0.363 e. The first-order valence-electron chi connectivity index (χ1n) is 3.27. The second-order valence-corrected chi connectivity index (χ2v) is 1.93. The predicted octanol–water partition coefficient (Wildman–Crippen LogP) is 1.04. The number of ether oxygens (including phenoxy) is 1. The Morgan fingerprint density at radius 2 is 2.60 bits per heavy atom. The topological polar surface area (TPSA) is 45.2 Å². The van der Waals surface area contributed by atoms with Crippen molar-refractivity contribution in [1.29, 1.82) is 0 Å². The first-order valence-corrected chi connectivity index (χ1v) is 3.27. The maximum Gasteiger partial charge on any atom is 0.196 e. The quantitative estimate of drug-likeness (QED) is 0.618. The molecule has 3 nitrogen and oxygen atoms in total. The first-order chi connectivity index (χ1) is 4.84. The summed E-state index contributed by atoms with van der Waals surface area (Å²) in [7, 11) is 0.